The van der Waals surface area contributed by atoms with Gasteiger partial charge in [-0.05, 0) is 29.2 Å². The van der Waals surface area contributed by atoms with Crippen LogP contribution in [0.4, 0.5) is 13.2 Å². The minimum atomic E-state index is -1.40. The Balaban J connectivity index is 3.57. The van der Waals surface area contributed by atoms with Gasteiger partial charge in [0, 0.05) is 0 Å². The predicted molar refractivity (Wildman–Crippen MR) is 50.5 cm³/mol. The van der Waals surface area contributed by atoms with E-state index in [2.05, 4.69) is 10.2 Å². The molecule has 0 aliphatic carbocycles. The van der Waals surface area contributed by atoms with Crippen molar-refractivity contribution in [2.45, 2.75) is 26.7 Å². The van der Waals surface area contributed by atoms with Crippen LogP contribution < -0.4 is 5.19 Å². The third-order valence-electron chi connectivity index (χ3n) is 2.24. The summed E-state index contributed by atoms with van der Waals surface area (Å²) in [5, 5.41) is 0.0308. The van der Waals surface area contributed by atoms with E-state index in [-0.39, 0.29) is 10.8 Å². The van der Waals surface area contributed by atoms with Crippen LogP contribution in [-0.2, 0) is 12.8 Å². The molecule has 0 spiro atoms. The molecule has 0 aliphatic rings. The van der Waals surface area contributed by atoms with Crippen LogP contribution in [0.2, 0.25) is 0 Å². The Hall–Kier alpha value is -0.773. The molecule has 0 aromatic heterocycles. The molecule has 1 aromatic rings. The van der Waals surface area contributed by atoms with Gasteiger partial charge in [-0.15, -0.1) is 0 Å². The summed E-state index contributed by atoms with van der Waals surface area (Å²) in [5.41, 5.74) is 0.747. The highest BCUT2D eigenvalue weighted by molar-refractivity contribution is 6.33. The van der Waals surface area contributed by atoms with Crippen LogP contribution in [0.5, 0.6) is 0 Å². The second kappa shape index (κ2) is 4.17. The van der Waals surface area contributed by atoms with E-state index in [1.807, 2.05) is 0 Å². The van der Waals surface area contributed by atoms with Crippen LogP contribution in [0.25, 0.3) is 0 Å². The van der Waals surface area contributed by atoms with Crippen LogP contribution in [0.15, 0.2) is 0 Å². The quantitative estimate of drug-likeness (QED) is 0.523. The lowest BCUT2D eigenvalue weighted by atomic mass is 10.0. The van der Waals surface area contributed by atoms with Crippen molar-refractivity contribution < 1.29 is 13.2 Å². The minimum Gasteiger partial charge on any atom is -0.204 e. The van der Waals surface area contributed by atoms with Gasteiger partial charge in [0.05, 0.1) is 10.2 Å². The normalized spacial score (nSPS) is 10.7. The molecule has 0 saturated heterocycles. The molecule has 0 atom stereocenters. The Morgan fingerprint density at radius 1 is 0.857 bits per heavy atom. The highest BCUT2D eigenvalue weighted by Gasteiger charge is 2.19. The lowest BCUT2D eigenvalue weighted by Gasteiger charge is -2.12. The van der Waals surface area contributed by atoms with Gasteiger partial charge in [0.15, 0.2) is 17.5 Å². The lowest BCUT2D eigenvalue weighted by molar-refractivity contribution is 0.443. The molecule has 75 valence electrons. The fraction of sp³-hybridized carbons (Fsp3) is 0.400. The summed E-state index contributed by atoms with van der Waals surface area (Å²) >= 11 is 0. The Morgan fingerprint density at radius 2 is 1.36 bits per heavy atom. The second-order valence-corrected chi connectivity index (χ2v) is 3.48. The van der Waals surface area contributed by atoms with Crippen molar-refractivity contribution in [1.29, 1.82) is 0 Å². The topological polar surface area (TPSA) is 0 Å². The van der Waals surface area contributed by atoms with E-state index in [4.69, 9.17) is 0 Å². The van der Waals surface area contributed by atoms with Gasteiger partial charge in [-0.3, -0.25) is 0 Å². The van der Waals surface area contributed by atoms with Crippen molar-refractivity contribution >= 4 is 15.4 Å². The van der Waals surface area contributed by atoms with Gasteiger partial charge in [0.25, 0.3) is 0 Å². The minimum absolute atomic E-state index is 0.0308. The molecule has 0 bridgehead atoms. The third-order valence-corrected chi connectivity index (χ3v) is 2.76. The van der Waals surface area contributed by atoms with Gasteiger partial charge >= 0.3 is 0 Å². The second-order valence-electron chi connectivity index (χ2n) is 2.98. The van der Waals surface area contributed by atoms with Crippen molar-refractivity contribution in [2.24, 2.45) is 0 Å². The van der Waals surface area contributed by atoms with Gasteiger partial charge in [0.1, 0.15) is 0 Å². The molecule has 0 aliphatic heterocycles. The number of benzene rings is 1. The van der Waals surface area contributed by atoms with E-state index in [0.717, 1.165) is 0 Å². The molecule has 0 heterocycles. The molecule has 3 radical (unpaired) electrons. The highest BCUT2D eigenvalue weighted by Crippen LogP contribution is 2.18. The maximum atomic E-state index is 13.3. The van der Waals surface area contributed by atoms with E-state index >= 15 is 0 Å². The summed E-state index contributed by atoms with van der Waals surface area (Å²) in [6, 6.07) is 0. The molecule has 0 nitrogen and oxygen atoms in total. The fourth-order valence-corrected chi connectivity index (χ4v) is 1.95. The van der Waals surface area contributed by atoms with E-state index in [9.17, 15) is 13.2 Å². The number of hydrogen-bond donors (Lipinski definition) is 0. The maximum Gasteiger partial charge on any atom is 0.194 e. The molecule has 0 fully saturated rings. The molecule has 1 aromatic carbocycles. The van der Waals surface area contributed by atoms with Crippen molar-refractivity contribution in [3.63, 3.8) is 0 Å². The summed E-state index contributed by atoms with van der Waals surface area (Å²) in [5.74, 6) is -3.61. The molecule has 1 rings (SSSR count). The smallest absolute Gasteiger partial charge is 0.194 e. The van der Waals surface area contributed by atoms with E-state index < -0.39 is 17.5 Å². The Morgan fingerprint density at radius 3 is 1.79 bits per heavy atom. The van der Waals surface area contributed by atoms with Crippen molar-refractivity contribution in [3.05, 3.63) is 28.6 Å². The first-order chi connectivity index (χ1) is 6.54. The van der Waals surface area contributed by atoms with Crippen LogP contribution in [0, 0.1) is 17.5 Å². The molecular weight excluding hydrogens is 205 g/mol. The van der Waals surface area contributed by atoms with Gasteiger partial charge in [-0.2, -0.15) is 0 Å². The van der Waals surface area contributed by atoms with Crippen LogP contribution in [0.1, 0.15) is 25.0 Å². The van der Waals surface area contributed by atoms with Gasteiger partial charge in [-0.25, -0.2) is 13.2 Å². The zero-order chi connectivity index (χ0) is 10.9. The monoisotopic (exact) mass is 215 g/mol. The molecule has 0 saturated carbocycles. The highest BCUT2D eigenvalue weighted by atomic mass is 28.1. The summed E-state index contributed by atoms with van der Waals surface area (Å²) in [6.45, 7) is 3.48. The zero-order valence-electron chi connectivity index (χ0n) is 8.05. The van der Waals surface area contributed by atoms with Crippen LogP contribution >= 0.6 is 0 Å². The Labute approximate surface area is 84.6 Å². The molecular formula is C10H10F3Si. The fourth-order valence-electron chi connectivity index (χ4n) is 1.51. The SMILES string of the molecule is CCc1c(F)c(F)c(F)c([Si])c1CC. The van der Waals surface area contributed by atoms with Crippen molar-refractivity contribution in [2.75, 3.05) is 0 Å². The molecule has 4 heteroatoms. The molecule has 0 unspecified atom stereocenters. The van der Waals surface area contributed by atoms with Gasteiger partial charge in [-0.1, -0.05) is 13.8 Å². The average Bonchev–Trinajstić information content (AvgIpc) is 2.20. The van der Waals surface area contributed by atoms with E-state index in [0.29, 0.717) is 18.4 Å². The average molecular weight is 215 g/mol. The summed E-state index contributed by atoms with van der Waals surface area (Å²) in [6.07, 6.45) is 0.819. The number of hydrogen-bond acceptors (Lipinski definition) is 0. The first-order valence-corrected chi connectivity index (χ1v) is 4.94. The molecule has 0 N–H and O–H groups in total. The van der Waals surface area contributed by atoms with E-state index in [1.165, 1.54) is 0 Å². The standard InChI is InChI=1S/C10H10F3Si/c1-3-5-6(4-2)10(14)9(13)8(12)7(5)11/h3-4H2,1-2H3. The Bertz CT molecular complexity index is 326. The number of halogens is 3. The van der Waals surface area contributed by atoms with Crippen LogP contribution in [0.3, 0.4) is 0 Å². The van der Waals surface area contributed by atoms with E-state index in [1.54, 1.807) is 13.8 Å². The maximum absolute atomic E-state index is 13.3. The predicted octanol–water partition coefficient (Wildman–Crippen LogP) is 2.02. The molecule has 0 amide bonds. The first kappa shape index (κ1) is 11.3. The van der Waals surface area contributed by atoms with Gasteiger partial charge < -0.3 is 0 Å². The largest absolute Gasteiger partial charge is 0.204 e. The molecule has 14 heavy (non-hydrogen) atoms. The zero-order valence-corrected chi connectivity index (χ0v) is 9.05. The summed E-state index contributed by atoms with van der Waals surface area (Å²) in [4.78, 5) is 0. The third kappa shape index (κ3) is 1.58. The van der Waals surface area contributed by atoms with Crippen molar-refractivity contribution in [1.82, 2.24) is 0 Å². The summed E-state index contributed by atoms with van der Waals surface area (Å²) in [7, 11) is 2.99. The van der Waals surface area contributed by atoms with Crippen LogP contribution in [-0.4, -0.2) is 10.2 Å². The lowest BCUT2D eigenvalue weighted by Crippen LogP contribution is -2.21. The Kier molecular flexibility index (Phi) is 3.37. The summed E-state index contributed by atoms with van der Waals surface area (Å²) < 4.78 is 39.3. The van der Waals surface area contributed by atoms with Gasteiger partial charge in [0.2, 0.25) is 0 Å². The first-order valence-electron chi connectivity index (χ1n) is 4.44. The number of rotatable bonds is 2. The van der Waals surface area contributed by atoms with Crippen molar-refractivity contribution in [3.8, 4) is 0 Å².